The molecule has 0 unspecified atom stereocenters. The zero-order valence-electron chi connectivity index (χ0n) is 14.7. The van der Waals surface area contributed by atoms with Gasteiger partial charge in [-0.3, -0.25) is 4.79 Å². The van der Waals surface area contributed by atoms with Gasteiger partial charge in [-0.15, -0.1) is 0 Å². The fraction of sp³-hybridized carbons (Fsp3) is 0.500. The molecular formula is C16H21FN2O6S. The molecule has 1 aromatic rings. The van der Waals surface area contributed by atoms with Crippen LogP contribution in [-0.4, -0.2) is 51.4 Å². The van der Waals surface area contributed by atoms with Crippen LogP contribution in [0.3, 0.4) is 0 Å². The molecular weight excluding hydrogens is 367 g/mol. The van der Waals surface area contributed by atoms with Crippen LogP contribution in [0, 0.1) is 5.82 Å². The van der Waals surface area contributed by atoms with E-state index in [-0.39, 0.29) is 29.6 Å². The summed E-state index contributed by atoms with van der Waals surface area (Å²) < 4.78 is 51.1. The second-order valence-electron chi connectivity index (χ2n) is 5.94. The van der Waals surface area contributed by atoms with Crippen molar-refractivity contribution in [3.63, 3.8) is 0 Å². The van der Waals surface area contributed by atoms with Crippen LogP contribution in [-0.2, 0) is 14.9 Å². The molecule has 0 aromatic heterocycles. The average molecular weight is 388 g/mol. The Morgan fingerprint density at radius 3 is 2.42 bits per heavy atom. The molecule has 1 amide bonds. The van der Waals surface area contributed by atoms with Gasteiger partial charge in [-0.2, -0.15) is 12.7 Å². The van der Waals surface area contributed by atoms with Crippen LogP contribution >= 0.6 is 0 Å². The van der Waals surface area contributed by atoms with Gasteiger partial charge in [0.15, 0.2) is 0 Å². The van der Waals surface area contributed by atoms with Gasteiger partial charge in [0, 0.05) is 14.1 Å². The lowest BCUT2D eigenvalue weighted by molar-refractivity contribution is 0.0518. The minimum atomic E-state index is -4.07. The van der Waals surface area contributed by atoms with Crippen LogP contribution in [0.15, 0.2) is 12.1 Å². The fourth-order valence-corrected chi connectivity index (χ4v) is 2.65. The number of nitrogens with one attached hydrogen (secondary N) is 1. The molecule has 10 heteroatoms. The van der Waals surface area contributed by atoms with Crippen LogP contribution < -0.4 is 9.46 Å². The van der Waals surface area contributed by atoms with Crippen LogP contribution in [0.5, 0.6) is 5.75 Å². The summed E-state index contributed by atoms with van der Waals surface area (Å²) in [5.41, 5.74) is -0.693. The van der Waals surface area contributed by atoms with Gasteiger partial charge in [0.2, 0.25) is 0 Å². The number of amides is 1. The fourth-order valence-electron chi connectivity index (χ4n) is 2.13. The van der Waals surface area contributed by atoms with E-state index in [4.69, 9.17) is 9.47 Å². The minimum Gasteiger partial charge on any atom is -0.490 e. The number of hydrogen-bond donors (Lipinski definition) is 1. The third-order valence-corrected chi connectivity index (χ3v) is 5.26. The molecule has 8 nitrogen and oxygen atoms in total. The Morgan fingerprint density at radius 2 is 1.92 bits per heavy atom. The van der Waals surface area contributed by atoms with E-state index in [0.29, 0.717) is 0 Å². The molecule has 0 radical (unpaired) electrons. The molecule has 1 N–H and O–H groups in total. The zero-order valence-corrected chi connectivity index (χ0v) is 15.6. The lowest BCUT2D eigenvalue weighted by Gasteiger charge is -2.27. The highest BCUT2D eigenvalue weighted by molar-refractivity contribution is 7.87. The molecule has 0 spiro atoms. The number of rotatable bonds is 7. The number of carbonyl (C=O) groups excluding carboxylic acids is 2. The van der Waals surface area contributed by atoms with Gasteiger partial charge in [-0.1, -0.05) is 0 Å². The highest BCUT2D eigenvalue weighted by atomic mass is 32.2. The van der Waals surface area contributed by atoms with Crippen molar-refractivity contribution < 1.29 is 31.9 Å². The Morgan fingerprint density at radius 1 is 1.27 bits per heavy atom. The smallest absolute Gasteiger partial charge is 0.341 e. The Kier molecular flexibility index (Phi) is 6.19. The Hall–Kier alpha value is -2.20. The molecule has 1 aliphatic carbocycles. The molecule has 2 rings (SSSR count). The van der Waals surface area contributed by atoms with Crippen molar-refractivity contribution in [2.45, 2.75) is 32.3 Å². The summed E-state index contributed by atoms with van der Waals surface area (Å²) in [5, 5.41) is 0. The van der Waals surface area contributed by atoms with Gasteiger partial charge >= 0.3 is 16.2 Å². The number of benzene rings is 1. The first-order chi connectivity index (χ1) is 12.2. The Bertz CT molecular complexity index is 805. The van der Waals surface area contributed by atoms with Crippen LogP contribution in [0.1, 0.15) is 46.9 Å². The molecule has 0 atom stereocenters. The predicted octanol–water partition coefficient (Wildman–Crippen LogP) is 1.47. The summed E-state index contributed by atoms with van der Waals surface area (Å²) in [7, 11) is -1.58. The topological polar surface area (TPSA) is 102 Å². The van der Waals surface area contributed by atoms with E-state index in [1.165, 1.54) is 14.1 Å². The molecule has 1 fully saturated rings. The van der Waals surface area contributed by atoms with E-state index in [9.17, 15) is 22.4 Å². The van der Waals surface area contributed by atoms with Crippen molar-refractivity contribution in [3.05, 3.63) is 29.1 Å². The van der Waals surface area contributed by atoms with Crippen molar-refractivity contribution in [1.29, 1.82) is 0 Å². The van der Waals surface area contributed by atoms with Crippen molar-refractivity contribution in [3.8, 4) is 5.75 Å². The molecule has 0 heterocycles. The van der Waals surface area contributed by atoms with Crippen LogP contribution in [0.2, 0.25) is 0 Å². The molecule has 1 aliphatic rings. The highest BCUT2D eigenvalue weighted by Crippen LogP contribution is 2.30. The molecule has 26 heavy (non-hydrogen) atoms. The molecule has 0 bridgehead atoms. The van der Waals surface area contributed by atoms with Gasteiger partial charge < -0.3 is 9.47 Å². The van der Waals surface area contributed by atoms with E-state index in [1.807, 2.05) is 4.72 Å². The third-order valence-electron chi connectivity index (χ3n) is 3.86. The first-order valence-electron chi connectivity index (χ1n) is 8.07. The number of halogens is 1. The molecule has 1 saturated carbocycles. The monoisotopic (exact) mass is 388 g/mol. The molecule has 0 aliphatic heterocycles. The van der Waals surface area contributed by atoms with Crippen molar-refractivity contribution >= 4 is 22.1 Å². The van der Waals surface area contributed by atoms with Crippen LogP contribution in [0.4, 0.5) is 4.39 Å². The maximum absolute atomic E-state index is 14.3. The minimum absolute atomic E-state index is 0.0560. The largest absolute Gasteiger partial charge is 0.490 e. The molecule has 0 saturated heterocycles. The number of nitrogens with zero attached hydrogens (tertiary/aromatic N) is 1. The zero-order chi connectivity index (χ0) is 19.5. The second-order valence-corrected chi connectivity index (χ2v) is 7.82. The number of esters is 1. The summed E-state index contributed by atoms with van der Waals surface area (Å²) in [6.45, 7) is 1.63. The average Bonchev–Trinajstić information content (AvgIpc) is 2.51. The van der Waals surface area contributed by atoms with Crippen molar-refractivity contribution in [2.24, 2.45) is 0 Å². The second kappa shape index (κ2) is 8.00. The Labute approximate surface area is 151 Å². The van der Waals surface area contributed by atoms with Gasteiger partial charge in [0.1, 0.15) is 11.6 Å². The summed E-state index contributed by atoms with van der Waals surface area (Å²) >= 11 is 0. The molecule has 144 valence electrons. The van der Waals surface area contributed by atoms with E-state index in [1.54, 1.807) is 6.92 Å². The summed E-state index contributed by atoms with van der Waals surface area (Å²) in [5.74, 6) is -3.01. The van der Waals surface area contributed by atoms with Crippen molar-refractivity contribution in [2.75, 3.05) is 20.7 Å². The van der Waals surface area contributed by atoms with E-state index in [0.717, 1.165) is 35.7 Å². The number of carbonyl (C=O) groups is 2. The van der Waals surface area contributed by atoms with Gasteiger partial charge in [0.05, 0.1) is 23.8 Å². The normalized spacial score (nSPS) is 14.7. The quantitative estimate of drug-likeness (QED) is 0.710. The summed E-state index contributed by atoms with van der Waals surface area (Å²) in [6.07, 6.45) is 2.28. The maximum Gasteiger partial charge on any atom is 0.341 e. The summed E-state index contributed by atoms with van der Waals surface area (Å²) in [4.78, 5) is 24.2. The van der Waals surface area contributed by atoms with E-state index >= 15 is 0 Å². The standard InChI is InChI=1S/C16H21FN2O6S/c1-4-24-16(21)11-9-14(25-10-6-5-7-10)12(8-13(11)17)15(20)18-26(22,23)19(2)3/h8-10H,4-7H2,1-3H3,(H,18,20). The number of hydrogen-bond acceptors (Lipinski definition) is 6. The number of ether oxygens (including phenoxy) is 2. The lowest BCUT2D eigenvalue weighted by atomic mass is 9.96. The van der Waals surface area contributed by atoms with Crippen LogP contribution in [0.25, 0.3) is 0 Å². The SMILES string of the molecule is CCOC(=O)c1cc(OC2CCC2)c(C(=O)NS(=O)(=O)N(C)C)cc1F. The van der Waals surface area contributed by atoms with Gasteiger partial charge in [-0.25, -0.2) is 13.9 Å². The van der Waals surface area contributed by atoms with Crippen molar-refractivity contribution in [1.82, 2.24) is 9.03 Å². The summed E-state index contributed by atoms with van der Waals surface area (Å²) in [6, 6.07) is 1.85. The van der Waals surface area contributed by atoms with Gasteiger partial charge in [0.25, 0.3) is 5.91 Å². The van der Waals surface area contributed by atoms with Gasteiger partial charge in [-0.05, 0) is 38.3 Å². The molecule has 1 aromatic carbocycles. The maximum atomic E-state index is 14.3. The Balaban J connectivity index is 2.41. The predicted molar refractivity (Wildman–Crippen MR) is 90.7 cm³/mol. The van der Waals surface area contributed by atoms with E-state index in [2.05, 4.69) is 0 Å². The van der Waals surface area contributed by atoms with E-state index < -0.39 is 27.9 Å². The first kappa shape index (κ1) is 20.1. The highest BCUT2D eigenvalue weighted by Gasteiger charge is 2.28. The third kappa shape index (κ3) is 4.50. The first-order valence-corrected chi connectivity index (χ1v) is 9.51. The lowest BCUT2D eigenvalue weighted by Crippen LogP contribution is -2.40.